The number of carbonyl (C=O) groups excluding carboxylic acids is 1. The van der Waals surface area contributed by atoms with Gasteiger partial charge >= 0.3 is 0 Å². The van der Waals surface area contributed by atoms with Crippen molar-refractivity contribution >= 4 is 22.6 Å². The van der Waals surface area contributed by atoms with E-state index in [9.17, 15) is 19.1 Å². The number of carbonyl (C=O) groups is 1. The molecular formula is C20H18FN3O3. The predicted octanol–water partition coefficient (Wildman–Crippen LogP) is 3.31. The fraction of sp³-hybridized carbons (Fsp3) is 0.250. The molecule has 0 radical (unpaired) electrons. The Labute approximate surface area is 154 Å². The largest absolute Gasteiger partial charge is 0.506 e. The van der Waals surface area contributed by atoms with Gasteiger partial charge in [-0.1, -0.05) is 6.07 Å². The van der Waals surface area contributed by atoms with E-state index in [0.29, 0.717) is 23.9 Å². The first kappa shape index (κ1) is 17.2. The highest BCUT2D eigenvalue weighted by molar-refractivity contribution is 6.09. The lowest BCUT2D eigenvalue weighted by Crippen LogP contribution is -2.33. The molecule has 7 heteroatoms. The highest BCUT2D eigenvalue weighted by Crippen LogP contribution is 2.35. The average Bonchev–Trinajstić information content (AvgIpc) is 2.62. The number of amides is 1. The maximum absolute atomic E-state index is 14.0. The van der Waals surface area contributed by atoms with Crippen molar-refractivity contribution in [2.45, 2.75) is 32.7 Å². The summed E-state index contributed by atoms with van der Waals surface area (Å²) < 4.78 is 15.5. The van der Waals surface area contributed by atoms with Crippen LogP contribution in [0.1, 0.15) is 40.9 Å². The van der Waals surface area contributed by atoms with Crippen molar-refractivity contribution in [3.05, 3.63) is 63.3 Å². The van der Waals surface area contributed by atoms with E-state index in [2.05, 4.69) is 10.3 Å². The van der Waals surface area contributed by atoms with Gasteiger partial charge in [0, 0.05) is 17.6 Å². The number of aryl methyl sites for hydroxylation is 2. The van der Waals surface area contributed by atoms with Crippen molar-refractivity contribution < 1.29 is 14.3 Å². The van der Waals surface area contributed by atoms with E-state index in [0.717, 1.165) is 11.6 Å². The van der Waals surface area contributed by atoms with Crippen LogP contribution in [0.2, 0.25) is 0 Å². The van der Waals surface area contributed by atoms with Gasteiger partial charge < -0.3 is 15.0 Å². The van der Waals surface area contributed by atoms with Gasteiger partial charge in [0.15, 0.2) is 0 Å². The summed E-state index contributed by atoms with van der Waals surface area (Å²) in [6.45, 7) is 3.73. The molecule has 0 bridgehead atoms. The molecule has 0 spiro atoms. The number of anilines is 1. The fourth-order valence-electron chi connectivity index (χ4n) is 3.61. The van der Waals surface area contributed by atoms with Crippen molar-refractivity contribution in [1.82, 2.24) is 9.55 Å². The van der Waals surface area contributed by atoms with Gasteiger partial charge in [0.1, 0.15) is 22.9 Å². The molecule has 2 N–H and O–H groups in total. The molecule has 0 saturated heterocycles. The van der Waals surface area contributed by atoms with E-state index in [-0.39, 0.29) is 17.2 Å². The molecule has 3 heterocycles. The van der Waals surface area contributed by atoms with Gasteiger partial charge in [-0.25, -0.2) is 9.37 Å². The molecule has 1 aliphatic rings. The van der Waals surface area contributed by atoms with E-state index < -0.39 is 28.6 Å². The van der Waals surface area contributed by atoms with Crippen molar-refractivity contribution in [2.24, 2.45) is 0 Å². The van der Waals surface area contributed by atoms with Crippen LogP contribution in [0.3, 0.4) is 0 Å². The van der Waals surface area contributed by atoms with Crippen LogP contribution in [0.15, 0.2) is 35.3 Å². The first-order valence-electron chi connectivity index (χ1n) is 8.70. The van der Waals surface area contributed by atoms with E-state index in [1.54, 1.807) is 18.3 Å². The van der Waals surface area contributed by atoms with Crippen LogP contribution in [0.5, 0.6) is 5.75 Å². The third-order valence-electron chi connectivity index (χ3n) is 4.97. The second-order valence-corrected chi connectivity index (χ2v) is 6.92. The number of nitrogens with zero attached hydrogens (tertiary/aromatic N) is 2. The highest BCUT2D eigenvalue weighted by Gasteiger charge is 2.28. The highest BCUT2D eigenvalue weighted by atomic mass is 19.1. The van der Waals surface area contributed by atoms with Gasteiger partial charge in [0.2, 0.25) is 0 Å². The zero-order chi connectivity index (χ0) is 19.3. The van der Waals surface area contributed by atoms with Crippen LogP contribution < -0.4 is 10.9 Å². The summed E-state index contributed by atoms with van der Waals surface area (Å²) in [4.78, 5) is 29.8. The molecule has 0 saturated carbocycles. The molecule has 1 amide bonds. The van der Waals surface area contributed by atoms with Crippen LogP contribution in [-0.2, 0) is 6.42 Å². The molecule has 27 heavy (non-hydrogen) atoms. The van der Waals surface area contributed by atoms with E-state index in [1.807, 2.05) is 13.8 Å². The molecule has 138 valence electrons. The quantitative estimate of drug-likeness (QED) is 0.728. The van der Waals surface area contributed by atoms with Crippen LogP contribution in [0.25, 0.3) is 10.9 Å². The minimum absolute atomic E-state index is 0.164. The molecule has 2 aromatic heterocycles. The Morgan fingerprint density at radius 3 is 2.85 bits per heavy atom. The molecule has 4 rings (SSSR count). The normalized spacial score (nSPS) is 15.7. The topological polar surface area (TPSA) is 84.2 Å². The number of hydrogen-bond acceptors (Lipinski definition) is 4. The molecule has 0 aliphatic carbocycles. The number of hydrogen-bond donors (Lipinski definition) is 2. The third kappa shape index (κ3) is 2.75. The third-order valence-corrected chi connectivity index (χ3v) is 4.97. The van der Waals surface area contributed by atoms with Crippen LogP contribution in [-0.4, -0.2) is 20.6 Å². The smallest absolute Gasteiger partial charge is 0.267 e. The number of nitrogens with one attached hydrogen (secondary N) is 1. The Kier molecular flexibility index (Phi) is 3.95. The van der Waals surface area contributed by atoms with Gasteiger partial charge in [0.25, 0.3) is 11.5 Å². The summed E-state index contributed by atoms with van der Waals surface area (Å²) in [6.07, 6.45) is 2.83. The summed E-state index contributed by atoms with van der Waals surface area (Å²) in [5.41, 5.74) is 1.06. The van der Waals surface area contributed by atoms with Crippen molar-refractivity contribution in [3.8, 4) is 5.75 Å². The van der Waals surface area contributed by atoms with Gasteiger partial charge in [-0.2, -0.15) is 0 Å². The summed E-state index contributed by atoms with van der Waals surface area (Å²) in [7, 11) is 0. The molecule has 1 atom stereocenters. The number of aromatic hydroxyl groups is 1. The lowest BCUT2D eigenvalue weighted by atomic mass is 9.95. The van der Waals surface area contributed by atoms with Crippen molar-refractivity contribution in [2.75, 3.05) is 5.32 Å². The minimum Gasteiger partial charge on any atom is -0.506 e. The summed E-state index contributed by atoms with van der Waals surface area (Å²) in [5, 5.41) is 13.3. The van der Waals surface area contributed by atoms with Gasteiger partial charge in [-0.05, 0) is 56.0 Å². The van der Waals surface area contributed by atoms with Gasteiger partial charge in [-0.3, -0.25) is 9.59 Å². The van der Waals surface area contributed by atoms with E-state index in [1.165, 1.54) is 10.6 Å². The van der Waals surface area contributed by atoms with Crippen LogP contribution >= 0.6 is 0 Å². The average molecular weight is 367 g/mol. The number of benzene rings is 1. The second kappa shape index (κ2) is 6.19. The van der Waals surface area contributed by atoms with Crippen LogP contribution in [0, 0.1) is 12.7 Å². The number of halogens is 1. The van der Waals surface area contributed by atoms with Crippen molar-refractivity contribution in [1.29, 1.82) is 0 Å². The zero-order valence-electron chi connectivity index (χ0n) is 14.9. The molecule has 1 aromatic carbocycles. The summed E-state index contributed by atoms with van der Waals surface area (Å²) in [5.74, 6) is -1.54. The van der Waals surface area contributed by atoms with E-state index in [4.69, 9.17) is 0 Å². The summed E-state index contributed by atoms with van der Waals surface area (Å²) in [6, 6.07) is 5.74. The SMILES string of the molecule is Cc1ccc(NC(=O)c2c(O)c3cc(F)cc4c3n(c2=O)[C@H](C)CC4)nc1. The lowest BCUT2D eigenvalue weighted by molar-refractivity contribution is 0.102. The predicted molar refractivity (Wildman–Crippen MR) is 99.8 cm³/mol. The summed E-state index contributed by atoms with van der Waals surface area (Å²) >= 11 is 0. The molecule has 0 fully saturated rings. The van der Waals surface area contributed by atoms with E-state index >= 15 is 0 Å². The number of aromatic nitrogens is 2. The Morgan fingerprint density at radius 1 is 1.37 bits per heavy atom. The van der Waals surface area contributed by atoms with Crippen LogP contribution in [0.4, 0.5) is 10.2 Å². The standard InChI is InChI=1S/C20H18FN3O3/c1-10-3-6-15(22-9-10)23-19(26)16-18(25)14-8-13(21)7-12-5-4-11(2)24(17(12)14)20(16)27/h3,6-9,11,25H,4-5H2,1-2H3,(H,22,23,26)/t11-/m1/s1. The minimum atomic E-state index is -0.775. The van der Waals surface area contributed by atoms with Crippen molar-refractivity contribution in [3.63, 3.8) is 0 Å². The number of pyridine rings is 2. The Morgan fingerprint density at radius 2 is 2.15 bits per heavy atom. The first-order valence-corrected chi connectivity index (χ1v) is 8.70. The first-order chi connectivity index (χ1) is 12.9. The Bertz CT molecular complexity index is 1140. The Balaban J connectivity index is 1.92. The Hall–Kier alpha value is -3.22. The molecule has 3 aromatic rings. The maximum atomic E-state index is 14.0. The second-order valence-electron chi connectivity index (χ2n) is 6.92. The maximum Gasteiger partial charge on any atom is 0.267 e. The monoisotopic (exact) mass is 367 g/mol. The molecular weight excluding hydrogens is 349 g/mol. The molecule has 0 unspecified atom stereocenters. The van der Waals surface area contributed by atoms with Gasteiger partial charge in [-0.15, -0.1) is 0 Å². The lowest BCUT2D eigenvalue weighted by Gasteiger charge is -2.26. The molecule has 1 aliphatic heterocycles. The van der Waals surface area contributed by atoms with Gasteiger partial charge in [0.05, 0.1) is 5.52 Å². The number of rotatable bonds is 2. The fourth-order valence-corrected chi connectivity index (χ4v) is 3.61. The zero-order valence-corrected chi connectivity index (χ0v) is 14.9. The molecule has 6 nitrogen and oxygen atoms in total.